The number of carbonyl (C=O) groups excluding carboxylic acids is 1. The van der Waals surface area contributed by atoms with Crippen LogP contribution in [0.15, 0.2) is 17.5 Å². The molecule has 22 heavy (non-hydrogen) atoms. The van der Waals surface area contributed by atoms with Gasteiger partial charge in [0.2, 0.25) is 5.91 Å². The maximum atomic E-state index is 12.7. The summed E-state index contributed by atoms with van der Waals surface area (Å²) in [4.78, 5) is 16.5. The first-order chi connectivity index (χ1) is 10.6. The van der Waals surface area contributed by atoms with Gasteiger partial charge in [0.25, 0.3) is 0 Å². The molecule has 2 aliphatic heterocycles. The van der Waals surface area contributed by atoms with Gasteiger partial charge in [-0.05, 0) is 38.1 Å². The van der Waals surface area contributed by atoms with Crippen LogP contribution in [0, 0.1) is 11.3 Å². The van der Waals surface area contributed by atoms with Crippen LogP contribution in [0.2, 0.25) is 0 Å². The predicted molar refractivity (Wildman–Crippen MR) is 88.9 cm³/mol. The number of nitrogens with one attached hydrogen (secondary N) is 1. The third-order valence-electron chi connectivity index (χ3n) is 4.91. The smallest absolute Gasteiger partial charge is 0.225 e. The molecule has 4 nitrogen and oxygen atoms in total. The Bertz CT molecular complexity index is 495. The first-order valence-corrected chi connectivity index (χ1v) is 9.10. The van der Waals surface area contributed by atoms with Gasteiger partial charge in [0, 0.05) is 49.2 Å². The van der Waals surface area contributed by atoms with Crippen LogP contribution in [0.5, 0.6) is 0 Å². The van der Waals surface area contributed by atoms with Gasteiger partial charge in [-0.1, -0.05) is 6.07 Å². The van der Waals surface area contributed by atoms with E-state index < -0.39 is 0 Å². The lowest BCUT2D eigenvalue weighted by Crippen LogP contribution is -2.46. The van der Waals surface area contributed by atoms with Crippen molar-refractivity contribution in [2.45, 2.75) is 39.3 Å². The fraction of sp³-hybridized carbons (Fsp3) is 0.706. The van der Waals surface area contributed by atoms with Crippen LogP contribution in [-0.4, -0.2) is 43.2 Å². The summed E-state index contributed by atoms with van der Waals surface area (Å²) >= 11 is 1.80. The summed E-state index contributed by atoms with van der Waals surface area (Å²) in [6.45, 7) is 8.50. The molecule has 0 bridgehead atoms. The Hall–Kier alpha value is -0.910. The van der Waals surface area contributed by atoms with Crippen LogP contribution in [-0.2, 0) is 16.1 Å². The summed E-state index contributed by atoms with van der Waals surface area (Å²) in [5.41, 5.74) is 0.106. The third kappa shape index (κ3) is 3.36. The van der Waals surface area contributed by atoms with Gasteiger partial charge in [0.1, 0.15) is 0 Å². The molecular formula is C17H26N2O2S. The fourth-order valence-corrected chi connectivity index (χ4v) is 4.59. The summed E-state index contributed by atoms with van der Waals surface area (Å²) in [6.07, 6.45) is 2.01. The van der Waals surface area contributed by atoms with Gasteiger partial charge in [-0.15, -0.1) is 11.3 Å². The van der Waals surface area contributed by atoms with Crippen molar-refractivity contribution in [3.63, 3.8) is 0 Å². The molecule has 1 amide bonds. The Morgan fingerprint density at radius 1 is 1.50 bits per heavy atom. The molecule has 2 saturated heterocycles. The van der Waals surface area contributed by atoms with Gasteiger partial charge in [0.05, 0.1) is 5.92 Å². The van der Waals surface area contributed by atoms with E-state index >= 15 is 0 Å². The topological polar surface area (TPSA) is 41.6 Å². The highest BCUT2D eigenvalue weighted by molar-refractivity contribution is 7.09. The highest BCUT2D eigenvalue weighted by atomic mass is 32.1. The average molecular weight is 322 g/mol. The van der Waals surface area contributed by atoms with Crippen LogP contribution in [0.4, 0.5) is 0 Å². The first-order valence-electron chi connectivity index (χ1n) is 8.22. The highest BCUT2D eigenvalue weighted by Crippen LogP contribution is 2.45. The van der Waals surface area contributed by atoms with Crippen LogP contribution < -0.4 is 5.32 Å². The van der Waals surface area contributed by atoms with Crippen molar-refractivity contribution >= 4 is 17.2 Å². The van der Waals surface area contributed by atoms with Crippen molar-refractivity contribution < 1.29 is 9.53 Å². The summed E-state index contributed by atoms with van der Waals surface area (Å²) in [6, 6.07) is 4.49. The molecule has 3 heterocycles. The number of amides is 1. The monoisotopic (exact) mass is 322 g/mol. The molecule has 0 aromatic carbocycles. The summed E-state index contributed by atoms with van der Waals surface area (Å²) in [5.74, 6) is 0.323. The summed E-state index contributed by atoms with van der Waals surface area (Å²) in [5, 5.41) is 5.26. The number of hydrogen-bond donors (Lipinski definition) is 1. The Kier molecular flexibility index (Phi) is 4.85. The molecule has 1 aromatic rings. The van der Waals surface area contributed by atoms with E-state index in [0.717, 1.165) is 45.7 Å². The van der Waals surface area contributed by atoms with Crippen molar-refractivity contribution in [2.24, 2.45) is 11.3 Å². The normalized spacial score (nSPS) is 25.0. The van der Waals surface area contributed by atoms with E-state index in [2.05, 4.69) is 27.7 Å². The quantitative estimate of drug-likeness (QED) is 0.926. The van der Waals surface area contributed by atoms with Crippen molar-refractivity contribution in [2.75, 3.05) is 26.3 Å². The third-order valence-corrected chi connectivity index (χ3v) is 5.78. The number of ether oxygens (including phenoxy) is 1. The highest BCUT2D eigenvalue weighted by Gasteiger charge is 2.50. The number of nitrogens with zero attached hydrogens (tertiary/aromatic N) is 1. The average Bonchev–Trinajstić information content (AvgIpc) is 3.08. The second-order valence-electron chi connectivity index (χ2n) is 6.94. The van der Waals surface area contributed by atoms with Gasteiger partial charge in [-0.2, -0.15) is 0 Å². The molecule has 1 spiro atoms. The van der Waals surface area contributed by atoms with Crippen molar-refractivity contribution in [1.82, 2.24) is 10.2 Å². The minimum atomic E-state index is 0.0961. The number of likely N-dealkylation sites (tertiary alicyclic amines) is 1. The molecule has 1 atom stereocenters. The summed E-state index contributed by atoms with van der Waals surface area (Å²) < 4.78 is 5.56. The zero-order chi connectivity index (χ0) is 15.6. The van der Waals surface area contributed by atoms with Gasteiger partial charge < -0.3 is 10.1 Å². The molecule has 0 radical (unpaired) electrons. The predicted octanol–water partition coefficient (Wildman–Crippen LogP) is 2.50. The zero-order valence-corrected chi connectivity index (χ0v) is 14.3. The standard InChI is InChI=1S/C17H26N2O2S/c1-13(2)18-16(20)15-11-19(10-14-4-3-9-22-14)12-17(15)5-7-21-8-6-17/h3-4,9,13,15H,5-8,10-12H2,1-2H3,(H,18,20)/t15-/m0/s1. The molecule has 2 aliphatic rings. The maximum absolute atomic E-state index is 12.7. The molecule has 0 aliphatic carbocycles. The maximum Gasteiger partial charge on any atom is 0.225 e. The number of carbonyl (C=O) groups is 1. The lowest BCUT2D eigenvalue weighted by molar-refractivity contribution is -0.130. The zero-order valence-electron chi connectivity index (χ0n) is 13.5. The Morgan fingerprint density at radius 2 is 2.27 bits per heavy atom. The largest absolute Gasteiger partial charge is 0.381 e. The van der Waals surface area contributed by atoms with E-state index in [4.69, 9.17) is 4.74 Å². The molecule has 122 valence electrons. The molecule has 3 rings (SSSR count). The molecule has 0 saturated carbocycles. The second-order valence-corrected chi connectivity index (χ2v) is 7.97. The first kappa shape index (κ1) is 16.0. The second kappa shape index (κ2) is 6.69. The number of thiophene rings is 1. The Labute approximate surface area is 136 Å². The van der Waals surface area contributed by atoms with Gasteiger partial charge >= 0.3 is 0 Å². The van der Waals surface area contributed by atoms with Crippen LogP contribution in [0.1, 0.15) is 31.6 Å². The van der Waals surface area contributed by atoms with E-state index in [-0.39, 0.29) is 23.3 Å². The van der Waals surface area contributed by atoms with E-state index in [0.29, 0.717) is 0 Å². The minimum absolute atomic E-state index is 0.0961. The van der Waals surface area contributed by atoms with Crippen LogP contribution >= 0.6 is 11.3 Å². The number of rotatable bonds is 4. The Balaban J connectivity index is 1.74. The van der Waals surface area contributed by atoms with Gasteiger partial charge in [-0.25, -0.2) is 0 Å². The summed E-state index contributed by atoms with van der Waals surface area (Å²) in [7, 11) is 0. The SMILES string of the molecule is CC(C)NC(=O)[C@@H]1CN(Cc2cccs2)CC12CCOCC2. The van der Waals surface area contributed by atoms with E-state index in [9.17, 15) is 4.79 Å². The molecule has 5 heteroatoms. The van der Waals surface area contributed by atoms with Crippen LogP contribution in [0.3, 0.4) is 0 Å². The van der Waals surface area contributed by atoms with Gasteiger partial charge in [0.15, 0.2) is 0 Å². The van der Waals surface area contributed by atoms with Crippen LogP contribution in [0.25, 0.3) is 0 Å². The van der Waals surface area contributed by atoms with Gasteiger partial charge in [-0.3, -0.25) is 9.69 Å². The van der Waals surface area contributed by atoms with E-state index in [1.165, 1.54) is 4.88 Å². The lowest BCUT2D eigenvalue weighted by atomic mass is 9.71. The Morgan fingerprint density at radius 3 is 2.91 bits per heavy atom. The molecule has 1 N–H and O–H groups in total. The van der Waals surface area contributed by atoms with Crippen molar-refractivity contribution in [1.29, 1.82) is 0 Å². The van der Waals surface area contributed by atoms with Crippen molar-refractivity contribution in [3.8, 4) is 0 Å². The lowest BCUT2D eigenvalue weighted by Gasteiger charge is -2.37. The van der Waals surface area contributed by atoms with E-state index in [1.54, 1.807) is 11.3 Å². The molecule has 1 aromatic heterocycles. The number of hydrogen-bond acceptors (Lipinski definition) is 4. The molecule has 0 unspecified atom stereocenters. The van der Waals surface area contributed by atoms with E-state index in [1.807, 2.05) is 13.8 Å². The van der Waals surface area contributed by atoms with Crippen molar-refractivity contribution in [3.05, 3.63) is 22.4 Å². The minimum Gasteiger partial charge on any atom is -0.381 e. The molecule has 2 fully saturated rings. The fourth-order valence-electron chi connectivity index (χ4n) is 3.85. The molecular weight excluding hydrogens is 296 g/mol.